The molecule has 1 amide bonds. The van der Waals surface area contributed by atoms with Crippen LogP contribution in [0.3, 0.4) is 0 Å². The molecule has 3 aromatic rings. The Labute approximate surface area is 154 Å². The normalized spacial score (nSPS) is 10.3. The number of hydrogen-bond acceptors (Lipinski definition) is 4. The maximum absolute atomic E-state index is 12.2. The third kappa shape index (κ3) is 4.64. The van der Waals surface area contributed by atoms with Gasteiger partial charge in [0, 0.05) is 35.3 Å². The summed E-state index contributed by atoms with van der Waals surface area (Å²) in [5, 5.41) is 6.12. The Bertz CT molecular complexity index is 866. The first kappa shape index (κ1) is 17.1. The molecule has 3 rings (SSSR count). The van der Waals surface area contributed by atoms with Crippen LogP contribution in [0.15, 0.2) is 65.5 Å². The van der Waals surface area contributed by atoms with Gasteiger partial charge in [0.05, 0.1) is 5.56 Å². The van der Waals surface area contributed by atoms with Crippen LogP contribution >= 0.6 is 15.9 Å². The molecule has 5 nitrogen and oxygen atoms in total. The van der Waals surface area contributed by atoms with Crippen molar-refractivity contribution in [3.8, 4) is 0 Å². The van der Waals surface area contributed by atoms with Gasteiger partial charge in [-0.2, -0.15) is 0 Å². The van der Waals surface area contributed by atoms with E-state index in [1.54, 1.807) is 30.7 Å². The molecule has 2 N–H and O–H groups in total. The first-order valence-electron chi connectivity index (χ1n) is 7.78. The van der Waals surface area contributed by atoms with Crippen LogP contribution in [0.4, 0.5) is 11.5 Å². The highest BCUT2D eigenvalue weighted by Crippen LogP contribution is 2.22. The number of nitrogens with zero attached hydrogens (tertiary/aromatic N) is 2. The number of anilines is 2. The zero-order valence-corrected chi connectivity index (χ0v) is 15.2. The molecule has 2 heterocycles. The second-order valence-electron chi connectivity index (χ2n) is 5.55. The molecule has 0 saturated heterocycles. The van der Waals surface area contributed by atoms with E-state index in [4.69, 9.17) is 0 Å². The molecular weight excluding hydrogens is 380 g/mol. The minimum absolute atomic E-state index is 0.157. The molecule has 0 spiro atoms. The average molecular weight is 397 g/mol. The number of hydrogen-bond donors (Lipinski definition) is 2. The maximum atomic E-state index is 12.2. The van der Waals surface area contributed by atoms with Crippen molar-refractivity contribution in [2.75, 3.05) is 5.32 Å². The Hall–Kier alpha value is -2.73. The number of carbonyl (C=O) groups is 1. The lowest BCUT2D eigenvalue weighted by Gasteiger charge is -2.10. The predicted octanol–water partition coefficient (Wildman–Crippen LogP) is 4.22. The van der Waals surface area contributed by atoms with Crippen LogP contribution < -0.4 is 10.6 Å². The number of carbonyl (C=O) groups excluding carboxylic acids is 1. The van der Waals surface area contributed by atoms with Crippen molar-refractivity contribution in [2.45, 2.75) is 13.5 Å². The van der Waals surface area contributed by atoms with Crippen molar-refractivity contribution < 1.29 is 4.79 Å². The molecule has 0 atom stereocenters. The Morgan fingerprint density at radius 3 is 2.60 bits per heavy atom. The predicted molar refractivity (Wildman–Crippen MR) is 102 cm³/mol. The van der Waals surface area contributed by atoms with E-state index in [9.17, 15) is 4.79 Å². The van der Waals surface area contributed by atoms with Crippen molar-refractivity contribution in [3.05, 3.63) is 82.2 Å². The minimum atomic E-state index is -0.157. The van der Waals surface area contributed by atoms with Gasteiger partial charge in [-0.25, -0.2) is 4.98 Å². The summed E-state index contributed by atoms with van der Waals surface area (Å²) in [6.45, 7) is 2.48. The maximum Gasteiger partial charge on any atom is 0.253 e. The van der Waals surface area contributed by atoms with E-state index in [1.165, 1.54) is 0 Å². The van der Waals surface area contributed by atoms with Gasteiger partial charge in [0.2, 0.25) is 0 Å². The van der Waals surface area contributed by atoms with Crippen molar-refractivity contribution in [2.24, 2.45) is 0 Å². The number of benzene rings is 1. The van der Waals surface area contributed by atoms with Crippen molar-refractivity contribution in [1.29, 1.82) is 0 Å². The van der Waals surface area contributed by atoms with Gasteiger partial charge in [0.1, 0.15) is 5.82 Å². The van der Waals surface area contributed by atoms with Crippen LogP contribution in [-0.4, -0.2) is 15.9 Å². The van der Waals surface area contributed by atoms with Crippen molar-refractivity contribution >= 4 is 33.3 Å². The smallest absolute Gasteiger partial charge is 0.253 e. The lowest BCUT2D eigenvalue weighted by molar-refractivity contribution is 0.0950. The van der Waals surface area contributed by atoms with E-state index in [-0.39, 0.29) is 5.91 Å². The summed E-state index contributed by atoms with van der Waals surface area (Å²) in [5.74, 6) is 0.534. The summed E-state index contributed by atoms with van der Waals surface area (Å²) in [4.78, 5) is 20.5. The molecule has 25 heavy (non-hydrogen) atoms. The zero-order chi connectivity index (χ0) is 17.6. The van der Waals surface area contributed by atoms with Crippen LogP contribution in [0.1, 0.15) is 21.5 Å². The Kier molecular flexibility index (Phi) is 5.40. The van der Waals surface area contributed by atoms with E-state index in [1.807, 2.05) is 37.3 Å². The quantitative estimate of drug-likeness (QED) is 0.677. The average Bonchev–Trinajstić information content (AvgIpc) is 2.63. The van der Waals surface area contributed by atoms with E-state index < -0.39 is 0 Å². The van der Waals surface area contributed by atoms with Gasteiger partial charge in [-0.3, -0.25) is 9.78 Å². The molecule has 0 aliphatic rings. The Morgan fingerprint density at radius 2 is 1.92 bits per heavy atom. The highest BCUT2D eigenvalue weighted by atomic mass is 79.9. The van der Waals surface area contributed by atoms with Gasteiger partial charge < -0.3 is 10.6 Å². The number of nitrogens with one attached hydrogen (secondary N) is 2. The van der Waals surface area contributed by atoms with Gasteiger partial charge in [-0.15, -0.1) is 0 Å². The van der Waals surface area contributed by atoms with Crippen LogP contribution in [0.2, 0.25) is 0 Å². The molecule has 0 saturated carbocycles. The molecule has 1 aromatic carbocycles. The number of rotatable bonds is 5. The molecule has 6 heteroatoms. The second-order valence-corrected chi connectivity index (χ2v) is 6.47. The third-order valence-corrected chi connectivity index (χ3v) is 4.17. The Balaban J connectivity index is 1.62. The molecule has 126 valence electrons. The van der Waals surface area contributed by atoms with Gasteiger partial charge in [0.15, 0.2) is 0 Å². The lowest BCUT2D eigenvalue weighted by Crippen LogP contribution is -2.22. The topological polar surface area (TPSA) is 66.9 Å². The van der Waals surface area contributed by atoms with E-state index in [0.717, 1.165) is 21.3 Å². The molecule has 0 aliphatic carbocycles. The highest BCUT2D eigenvalue weighted by Gasteiger charge is 2.07. The fourth-order valence-electron chi connectivity index (χ4n) is 2.29. The molecule has 0 fully saturated rings. The summed E-state index contributed by atoms with van der Waals surface area (Å²) in [7, 11) is 0. The summed E-state index contributed by atoms with van der Waals surface area (Å²) >= 11 is 3.45. The van der Waals surface area contributed by atoms with Crippen molar-refractivity contribution in [1.82, 2.24) is 15.3 Å². The van der Waals surface area contributed by atoms with Crippen molar-refractivity contribution in [3.63, 3.8) is 0 Å². The SMILES string of the molecule is Cc1cc(Br)ccc1Nc1ccc(C(=O)NCc2ccncc2)cn1. The van der Waals surface area contributed by atoms with Crippen LogP contribution in [-0.2, 0) is 6.54 Å². The molecule has 2 aromatic heterocycles. The Morgan fingerprint density at radius 1 is 1.12 bits per heavy atom. The lowest BCUT2D eigenvalue weighted by atomic mass is 10.2. The van der Waals surface area contributed by atoms with Crippen LogP contribution in [0, 0.1) is 6.92 Å². The third-order valence-electron chi connectivity index (χ3n) is 3.68. The summed E-state index contributed by atoms with van der Waals surface area (Å²) in [6.07, 6.45) is 4.97. The molecule has 0 bridgehead atoms. The zero-order valence-electron chi connectivity index (χ0n) is 13.7. The van der Waals surface area contributed by atoms with Gasteiger partial charge in [-0.1, -0.05) is 15.9 Å². The standard InChI is InChI=1S/C19H17BrN4O/c1-13-10-16(20)3-4-17(13)24-18-5-2-15(12-22-18)19(25)23-11-14-6-8-21-9-7-14/h2-10,12H,11H2,1H3,(H,22,24)(H,23,25). The largest absolute Gasteiger partial charge is 0.348 e. The summed E-state index contributed by atoms with van der Waals surface area (Å²) in [5.41, 5.74) is 3.60. The van der Waals surface area contributed by atoms with E-state index in [2.05, 4.69) is 36.5 Å². The molecule has 0 aliphatic heterocycles. The molecule has 0 radical (unpaired) electrons. The first-order valence-corrected chi connectivity index (χ1v) is 8.57. The first-order chi connectivity index (χ1) is 12.1. The summed E-state index contributed by atoms with van der Waals surface area (Å²) in [6, 6.07) is 13.3. The van der Waals surface area contributed by atoms with E-state index in [0.29, 0.717) is 17.9 Å². The molecular formula is C19H17BrN4O. The second kappa shape index (κ2) is 7.90. The summed E-state index contributed by atoms with van der Waals surface area (Å²) < 4.78 is 1.03. The number of amides is 1. The highest BCUT2D eigenvalue weighted by molar-refractivity contribution is 9.10. The van der Waals surface area contributed by atoms with Crippen LogP contribution in [0.25, 0.3) is 0 Å². The fourth-order valence-corrected chi connectivity index (χ4v) is 2.77. The monoisotopic (exact) mass is 396 g/mol. The fraction of sp³-hybridized carbons (Fsp3) is 0.105. The van der Waals surface area contributed by atoms with E-state index >= 15 is 0 Å². The van der Waals surface area contributed by atoms with Gasteiger partial charge in [0.25, 0.3) is 5.91 Å². The number of halogens is 1. The number of pyridine rings is 2. The molecule has 0 unspecified atom stereocenters. The number of aromatic nitrogens is 2. The number of aryl methyl sites for hydroxylation is 1. The van der Waals surface area contributed by atoms with Crippen LogP contribution in [0.5, 0.6) is 0 Å². The van der Waals surface area contributed by atoms with Gasteiger partial charge in [-0.05, 0) is 60.5 Å². The van der Waals surface area contributed by atoms with Gasteiger partial charge >= 0.3 is 0 Å². The minimum Gasteiger partial charge on any atom is -0.348 e.